The molecule has 1 aromatic rings. The standard InChI is InChI=1S/C12H23N5/c1-8(2)6-9(3)17(5)12-10(4)11(16-13)14-7-15-12/h7-9H,6,13H2,1-5H3,(H,14,15,16). The molecule has 0 saturated heterocycles. The zero-order valence-corrected chi connectivity index (χ0v) is 11.4. The lowest BCUT2D eigenvalue weighted by Crippen LogP contribution is -2.31. The number of hydrazine groups is 1. The van der Waals surface area contributed by atoms with E-state index in [0.29, 0.717) is 17.8 Å². The van der Waals surface area contributed by atoms with Gasteiger partial charge in [-0.25, -0.2) is 15.8 Å². The molecule has 0 aliphatic heterocycles. The van der Waals surface area contributed by atoms with Gasteiger partial charge in [-0.2, -0.15) is 0 Å². The summed E-state index contributed by atoms with van der Waals surface area (Å²) in [7, 11) is 2.06. The molecule has 1 unspecified atom stereocenters. The van der Waals surface area contributed by atoms with Gasteiger partial charge in [-0.05, 0) is 26.2 Å². The Morgan fingerprint density at radius 1 is 1.35 bits per heavy atom. The summed E-state index contributed by atoms with van der Waals surface area (Å²) in [5.74, 6) is 7.70. The number of nitrogens with one attached hydrogen (secondary N) is 1. The van der Waals surface area contributed by atoms with E-state index in [1.165, 1.54) is 6.33 Å². The molecule has 5 nitrogen and oxygen atoms in total. The molecule has 0 bridgehead atoms. The van der Waals surface area contributed by atoms with Crippen molar-refractivity contribution in [2.45, 2.75) is 40.2 Å². The summed E-state index contributed by atoms with van der Waals surface area (Å²) >= 11 is 0. The van der Waals surface area contributed by atoms with Crippen LogP contribution < -0.4 is 16.2 Å². The van der Waals surface area contributed by atoms with E-state index in [4.69, 9.17) is 5.84 Å². The van der Waals surface area contributed by atoms with Gasteiger partial charge in [0.25, 0.3) is 0 Å². The van der Waals surface area contributed by atoms with Crippen molar-refractivity contribution in [1.29, 1.82) is 0 Å². The fourth-order valence-electron chi connectivity index (χ4n) is 1.99. The number of nitrogens with two attached hydrogens (primary N) is 1. The predicted octanol–water partition coefficient (Wildman–Crippen LogP) is 1.94. The number of nitrogen functional groups attached to an aromatic ring is 1. The third-order valence-electron chi connectivity index (χ3n) is 3.00. The van der Waals surface area contributed by atoms with E-state index >= 15 is 0 Å². The summed E-state index contributed by atoms with van der Waals surface area (Å²) in [5.41, 5.74) is 3.57. The molecule has 0 aliphatic carbocycles. The lowest BCUT2D eigenvalue weighted by Gasteiger charge is -2.28. The highest BCUT2D eigenvalue weighted by Gasteiger charge is 2.16. The van der Waals surface area contributed by atoms with E-state index < -0.39 is 0 Å². The lowest BCUT2D eigenvalue weighted by molar-refractivity contribution is 0.501. The van der Waals surface area contributed by atoms with Crippen molar-refractivity contribution in [3.05, 3.63) is 11.9 Å². The van der Waals surface area contributed by atoms with E-state index in [9.17, 15) is 0 Å². The molecule has 96 valence electrons. The van der Waals surface area contributed by atoms with Crippen LogP contribution in [0.15, 0.2) is 6.33 Å². The third kappa shape index (κ3) is 3.30. The highest BCUT2D eigenvalue weighted by Crippen LogP contribution is 2.23. The maximum atomic E-state index is 5.42. The molecule has 1 aromatic heterocycles. The van der Waals surface area contributed by atoms with Crippen molar-refractivity contribution in [2.75, 3.05) is 17.4 Å². The number of hydrogen-bond acceptors (Lipinski definition) is 5. The van der Waals surface area contributed by atoms with Crippen molar-refractivity contribution < 1.29 is 0 Å². The Morgan fingerprint density at radius 2 is 2.00 bits per heavy atom. The van der Waals surface area contributed by atoms with Gasteiger partial charge in [-0.3, -0.25) is 0 Å². The first-order valence-corrected chi connectivity index (χ1v) is 5.98. The Bertz CT molecular complexity index is 364. The molecular weight excluding hydrogens is 214 g/mol. The van der Waals surface area contributed by atoms with Crippen LogP contribution in [0.2, 0.25) is 0 Å². The normalized spacial score (nSPS) is 12.6. The van der Waals surface area contributed by atoms with E-state index in [2.05, 4.69) is 48.1 Å². The van der Waals surface area contributed by atoms with Crippen LogP contribution in [0.25, 0.3) is 0 Å². The van der Waals surface area contributed by atoms with Crippen LogP contribution in [-0.2, 0) is 0 Å². The molecule has 1 rings (SSSR count). The minimum absolute atomic E-state index is 0.439. The maximum Gasteiger partial charge on any atom is 0.148 e. The fourth-order valence-corrected chi connectivity index (χ4v) is 1.99. The van der Waals surface area contributed by atoms with Crippen LogP contribution in [-0.4, -0.2) is 23.1 Å². The SMILES string of the molecule is Cc1c(NN)ncnc1N(C)C(C)CC(C)C. The van der Waals surface area contributed by atoms with Gasteiger partial charge in [0.05, 0.1) is 0 Å². The van der Waals surface area contributed by atoms with Crippen LogP contribution in [0.1, 0.15) is 32.8 Å². The van der Waals surface area contributed by atoms with Gasteiger partial charge >= 0.3 is 0 Å². The number of anilines is 2. The van der Waals surface area contributed by atoms with Gasteiger partial charge in [0, 0.05) is 18.7 Å². The van der Waals surface area contributed by atoms with Crippen molar-refractivity contribution in [1.82, 2.24) is 9.97 Å². The smallest absolute Gasteiger partial charge is 0.148 e. The van der Waals surface area contributed by atoms with E-state index in [1.54, 1.807) is 0 Å². The third-order valence-corrected chi connectivity index (χ3v) is 3.00. The van der Waals surface area contributed by atoms with Crippen LogP contribution >= 0.6 is 0 Å². The Balaban J connectivity index is 2.92. The highest BCUT2D eigenvalue weighted by molar-refractivity contribution is 5.57. The number of rotatable bonds is 5. The first-order valence-electron chi connectivity index (χ1n) is 5.98. The topological polar surface area (TPSA) is 67.1 Å². The van der Waals surface area contributed by atoms with E-state index in [0.717, 1.165) is 17.8 Å². The van der Waals surface area contributed by atoms with E-state index in [-0.39, 0.29) is 0 Å². The second-order valence-corrected chi connectivity index (χ2v) is 4.90. The Morgan fingerprint density at radius 3 is 2.53 bits per heavy atom. The number of nitrogens with zero attached hydrogens (tertiary/aromatic N) is 3. The number of hydrogen-bond donors (Lipinski definition) is 2. The van der Waals surface area contributed by atoms with Crippen LogP contribution in [0.3, 0.4) is 0 Å². The zero-order chi connectivity index (χ0) is 13.0. The second kappa shape index (κ2) is 5.82. The second-order valence-electron chi connectivity index (χ2n) is 4.90. The fraction of sp³-hybridized carbons (Fsp3) is 0.667. The van der Waals surface area contributed by atoms with Gasteiger partial charge in [-0.1, -0.05) is 13.8 Å². The Labute approximate surface area is 103 Å². The first-order chi connectivity index (χ1) is 7.97. The lowest BCUT2D eigenvalue weighted by atomic mass is 10.0. The van der Waals surface area contributed by atoms with Crippen LogP contribution in [0, 0.1) is 12.8 Å². The first kappa shape index (κ1) is 13.7. The van der Waals surface area contributed by atoms with Gasteiger partial charge in [0.2, 0.25) is 0 Å². The molecule has 1 atom stereocenters. The molecule has 17 heavy (non-hydrogen) atoms. The quantitative estimate of drug-likeness (QED) is 0.605. The average Bonchev–Trinajstić information content (AvgIpc) is 2.27. The molecule has 0 aromatic carbocycles. The predicted molar refractivity (Wildman–Crippen MR) is 71.9 cm³/mol. The van der Waals surface area contributed by atoms with Gasteiger partial charge in [-0.15, -0.1) is 0 Å². The highest BCUT2D eigenvalue weighted by atomic mass is 15.3. The molecule has 0 radical (unpaired) electrons. The Kier molecular flexibility index (Phi) is 4.69. The van der Waals surface area contributed by atoms with Crippen molar-refractivity contribution in [3.63, 3.8) is 0 Å². The van der Waals surface area contributed by atoms with Gasteiger partial charge in [0.1, 0.15) is 18.0 Å². The molecule has 1 heterocycles. The molecule has 0 fully saturated rings. The maximum absolute atomic E-state index is 5.42. The molecule has 5 heteroatoms. The van der Waals surface area contributed by atoms with E-state index in [1.807, 2.05) is 6.92 Å². The molecule has 3 N–H and O–H groups in total. The molecule has 0 spiro atoms. The van der Waals surface area contributed by atoms with Gasteiger partial charge < -0.3 is 10.3 Å². The van der Waals surface area contributed by atoms with Gasteiger partial charge in [0.15, 0.2) is 0 Å². The molecule has 0 amide bonds. The van der Waals surface area contributed by atoms with Crippen molar-refractivity contribution in [3.8, 4) is 0 Å². The largest absolute Gasteiger partial charge is 0.357 e. The summed E-state index contributed by atoms with van der Waals surface area (Å²) < 4.78 is 0. The molecular formula is C12H23N5. The molecule has 0 aliphatic rings. The summed E-state index contributed by atoms with van der Waals surface area (Å²) in [5, 5.41) is 0. The summed E-state index contributed by atoms with van der Waals surface area (Å²) in [4.78, 5) is 10.6. The Hall–Kier alpha value is -1.36. The summed E-state index contributed by atoms with van der Waals surface area (Å²) in [6.45, 7) is 8.63. The molecule has 0 saturated carbocycles. The zero-order valence-electron chi connectivity index (χ0n) is 11.4. The minimum atomic E-state index is 0.439. The van der Waals surface area contributed by atoms with Crippen molar-refractivity contribution >= 4 is 11.6 Å². The summed E-state index contributed by atoms with van der Waals surface area (Å²) in [6, 6.07) is 0.439. The average molecular weight is 237 g/mol. The summed E-state index contributed by atoms with van der Waals surface area (Å²) in [6.07, 6.45) is 2.67. The monoisotopic (exact) mass is 237 g/mol. The number of aromatic nitrogens is 2. The minimum Gasteiger partial charge on any atom is -0.357 e. The van der Waals surface area contributed by atoms with Crippen molar-refractivity contribution in [2.24, 2.45) is 11.8 Å². The van der Waals surface area contributed by atoms with Crippen LogP contribution in [0.4, 0.5) is 11.6 Å². The van der Waals surface area contributed by atoms with Crippen LogP contribution in [0.5, 0.6) is 0 Å².